The van der Waals surface area contributed by atoms with Crippen LogP contribution in [-0.2, 0) is 9.53 Å². The standard InChI is InChI=1S/C18H35N5O2/c1-19-17(20-10-7-16(24)22(2)3)21-15-18(8-5-4-6-9-18)23-11-13-25-14-12-23/h4-15H2,1-3H3,(H2,19,20,21). The second-order valence-corrected chi connectivity index (χ2v) is 7.28. The number of hydrogen-bond donors (Lipinski definition) is 2. The molecule has 2 aliphatic rings. The molecule has 1 aliphatic heterocycles. The Morgan fingerprint density at radius 2 is 1.84 bits per heavy atom. The van der Waals surface area contributed by atoms with E-state index in [4.69, 9.17) is 4.74 Å². The van der Waals surface area contributed by atoms with Crippen molar-refractivity contribution in [1.29, 1.82) is 0 Å². The maximum Gasteiger partial charge on any atom is 0.223 e. The van der Waals surface area contributed by atoms with Gasteiger partial charge < -0.3 is 20.3 Å². The third-order valence-corrected chi connectivity index (χ3v) is 5.40. The van der Waals surface area contributed by atoms with E-state index in [0.717, 1.165) is 38.8 Å². The number of morpholine rings is 1. The molecule has 1 saturated carbocycles. The van der Waals surface area contributed by atoms with Gasteiger partial charge in [-0.1, -0.05) is 19.3 Å². The van der Waals surface area contributed by atoms with E-state index in [2.05, 4.69) is 20.5 Å². The van der Waals surface area contributed by atoms with Crippen LogP contribution in [0.5, 0.6) is 0 Å². The Hall–Kier alpha value is -1.34. The second-order valence-electron chi connectivity index (χ2n) is 7.28. The highest BCUT2D eigenvalue weighted by Crippen LogP contribution is 2.33. The molecule has 1 heterocycles. The van der Waals surface area contributed by atoms with Crippen LogP contribution in [0.4, 0.5) is 0 Å². The van der Waals surface area contributed by atoms with E-state index in [-0.39, 0.29) is 11.4 Å². The predicted molar refractivity (Wildman–Crippen MR) is 101 cm³/mol. The maximum atomic E-state index is 11.7. The SMILES string of the molecule is CN=C(NCCC(=O)N(C)C)NCC1(N2CCOCC2)CCCCC1. The average molecular weight is 354 g/mol. The number of amides is 1. The number of guanidine groups is 1. The van der Waals surface area contributed by atoms with Gasteiger partial charge in [0.2, 0.25) is 5.91 Å². The minimum absolute atomic E-state index is 0.125. The quantitative estimate of drug-likeness (QED) is 0.542. The van der Waals surface area contributed by atoms with Gasteiger partial charge in [0.15, 0.2) is 5.96 Å². The van der Waals surface area contributed by atoms with Gasteiger partial charge in [0.05, 0.1) is 13.2 Å². The first-order chi connectivity index (χ1) is 12.1. The lowest BCUT2D eigenvalue weighted by Gasteiger charge is -2.48. The van der Waals surface area contributed by atoms with Gasteiger partial charge in [-0.3, -0.25) is 14.7 Å². The van der Waals surface area contributed by atoms with E-state index in [1.54, 1.807) is 26.0 Å². The van der Waals surface area contributed by atoms with Crippen LogP contribution >= 0.6 is 0 Å². The Morgan fingerprint density at radius 3 is 2.44 bits per heavy atom. The van der Waals surface area contributed by atoms with Crippen molar-refractivity contribution in [3.05, 3.63) is 0 Å². The first kappa shape index (κ1) is 20.0. The lowest BCUT2D eigenvalue weighted by Crippen LogP contribution is -2.60. The molecule has 1 aliphatic carbocycles. The van der Waals surface area contributed by atoms with Gasteiger partial charge in [-0.05, 0) is 12.8 Å². The Balaban J connectivity index is 1.86. The van der Waals surface area contributed by atoms with Gasteiger partial charge in [0.25, 0.3) is 0 Å². The minimum Gasteiger partial charge on any atom is -0.379 e. The molecule has 25 heavy (non-hydrogen) atoms. The molecule has 0 radical (unpaired) electrons. The first-order valence-electron chi connectivity index (χ1n) is 9.55. The highest BCUT2D eigenvalue weighted by Gasteiger charge is 2.38. The van der Waals surface area contributed by atoms with Gasteiger partial charge in [0, 0.05) is 59.3 Å². The summed E-state index contributed by atoms with van der Waals surface area (Å²) in [4.78, 5) is 20.2. The molecule has 2 rings (SSSR count). The number of carbonyl (C=O) groups excluding carboxylic acids is 1. The molecular weight excluding hydrogens is 318 g/mol. The number of nitrogens with one attached hydrogen (secondary N) is 2. The zero-order chi connectivity index (χ0) is 18.1. The number of ether oxygens (including phenoxy) is 1. The summed E-state index contributed by atoms with van der Waals surface area (Å²) in [5.74, 6) is 0.907. The van der Waals surface area contributed by atoms with Crippen molar-refractivity contribution >= 4 is 11.9 Å². The van der Waals surface area contributed by atoms with Crippen molar-refractivity contribution in [2.45, 2.75) is 44.1 Å². The molecule has 7 heteroatoms. The smallest absolute Gasteiger partial charge is 0.223 e. The largest absolute Gasteiger partial charge is 0.379 e. The molecule has 2 fully saturated rings. The summed E-state index contributed by atoms with van der Waals surface area (Å²) >= 11 is 0. The lowest BCUT2D eigenvalue weighted by atomic mass is 9.80. The molecule has 2 N–H and O–H groups in total. The molecule has 1 amide bonds. The summed E-state index contributed by atoms with van der Waals surface area (Å²) in [7, 11) is 5.35. The number of nitrogens with zero attached hydrogens (tertiary/aromatic N) is 3. The molecule has 0 bridgehead atoms. The fourth-order valence-corrected chi connectivity index (χ4v) is 3.83. The summed E-state index contributed by atoms with van der Waals surface area (Å²) in [5, 5.41) is 6.77. The van der Waals surface area contributed by atoms with Crippen molar-refractivity contribution < 1.29 is 9.53 Å². The molecule has 144 valence electrons. The van der Waals surface area contributed by atoms with Crippen LogP contribution in [0.15, 0.2) is 4.99 Å². The second kappa shape index (κ2) is 9.97. The van der Waals surface area contributed by atoms with Crippen LogP contribution in [-0.4, -0.2) is 87.7 Å². The molecule has 0 atom stereocenters. The van der Waals surface area contributed by atoms with Gasteiger partial charge in [-0.15, -0.1) is 0 Å². The van der Waals surface area contributed by atoms with Crippen LogP contribution in [0.1, 0.15) is 38.5 Å². The fourth-order valence-electron chi connectivity index (χ4n) is 3.83. The van der Waals surface area contributed by atoms with Crippen LogP contribution in [0.3, 0.4) is 0 Å². The molecule has 0 aromatic carbocycles. The van der Waals surface area contributed by atoms with E-state index >= 15 is 0 Å². The van der Waals surface area contributed by atoms with Gasteiger partial charge >= 0.3 is 0 Å². The zero-order valence-corrected chi connectivity index (χ0v) is 16.1. The number of aliphatic imine (C=N–C) groups is 1. The topological polar surface area (TPSA) is 69.2 Å². The Kier molecular flexibility index (Phi) is 7.96. The van der Waals surface area contributed by atoms with Crippen LogP contribution in [0.2, 0.25) is 0 Å². The summed E-state index contributed by atoms with van der Waals surface area (Å²) in [6.07, 6.45) is 6.87. The van der Waals surface area contributed by atoms with E-state index in [1.807, 2.05) is 0 Å². The van der Waals surface area contributed by atoms with Gasteiger partial charge in [0.1, 0.15) is 0 Å². The molecule has 0 aromatic rings. The van der Waals surface area contributed by atoms with E-state index in [1.165, 1.54) is 32.1 Å². The first-order valence-corrected chi connectivity index (χ1v) is 9.55. The molecular formula is C18H35N5O2. The Bertz CT molecular complexity index is 441. The number of hydrogen-bond acceptors (Lipinski definition) is 4. The summed E-state index contributed by atoms with van der Waals surface area (Å²) in [6.45, 7) is 5.20. The van der Waals surface area contributed by atoms with Crippen molar-refractivity contribution in [1.82, 2.24) is 20.4 Å². The van der Waals surface area contributed by atoms with Gasteiger partial charge in [-0.25, -0.2) is 0 Å². The van der Waals surface area contributed by atoms with E-state index < -0.39 is 0 Å². The highest BCUT2D eigenvalue weighted by molar-refractivity contribution is 5.81. The van der Waals surface area contributed by atoms with Crippen LogP contribution in [0.25, 0.3) is 0 Å². The molecule has 0 unspecified atom stereocenters. The molecule has 0 aromatic heterocycles. The van der Waals surface area contributed by atoms with Crippen molar-refractivity contribution in [3.8, 4) is 0 Å². The maximum absolute atomic E-state index is 11.7. The minimum atomic E-state index is 0.125. The fraction of sp³-hybridized carbons (Fsp3) is 0.889. The zero-order valence-electron chi connectivity index (χ0n) is 16.1. The third-order valence-electron chi connectivity index (χ3n) is 5.40. The van der Waals surface area contributed by atoms with Crippen LogP contribution < -0.4 is 10.6 Å². The van der Waals surface area contributed by atoms with Crippen molar-refractivity contribution in [2.75, 3.05) is 60.5 Å². The number of rotatable bonds is 6. The highest BCUT2D eigenvalue weighted by atomic mass is 16.5. The van der Waals surface area contributed by atoms with E-state index in [0.29, 0.717) is 13.0 Å². The lowest BCUT2D eigenvalue weighted by molar-refractivity contribution is -0.128. The van der Waals surface area contributed by atoms with E-state index in [9.17, 15) is 4.79 Å². The van der Waals surface area contributed by atoms with Crippen LogP contribution in [0, 0.1) is 0 Å². The van der Waals surface area contributed by atoms with Crippen molar-refractivity contribution in [2.24, 2.45) is 4.99 Å². The number of carbonyl (C=O) groups is 1. The summed E-state index contributed by atoms with van der Waals surface area (Å²) in [5.41, 5.74) is 0.207. The monoisotopic (exact) mass is 353 g/mol. The Labute approximate surface area is 152 Å². The predicted octanol–water partition coefficient (Wildman–Crippen LogP) is 0.665. The van der Waals surface area contributed by atoms with Crippen molar-refractivity contribution in [3.63, 3.8) is 0 Å². The third kappa shape index (κ3) is 5.85. The normalized spacial score (nSPS) is 21.6. The van der Waals surface area contributed by atoms with Gasteiger partial charge in [-0.2, -0.15) is 0 Å². The summed E-state index contributed by atoms with van der Waals surface area (Å²) < 4.78 is 5.54. The average Bonchev–Trinajstić information content (AvgIpc) is 2.65. The molecule has 7 nitrogen and oxygen atoms in total. The molecule has 1 saturated heterocycles. The summed E-state index contributed by atoms with van der Waals surface area (Å²) in [6, 6.07) is 0. The molecule has 0 spiro atoms. The Morgan fingerprint density at radius 1 is 1.16 bits per heavy atom.